The topological polar surface area (TPSA) is 56.7 Å². The first-order valence-corrected chi connectivity index (χ1v) is 10.4. The van der Waals surface area contributed by atoms with Crippen molar-refractivity contribution in [2.24, 2.45) is 0 Å². The second-order valence-electron chi connectivity index (χ2n) is 7.46. The first-order valence-electron chi connectivity index (χ1n) is 10.4. The second kappa shape index (κ2) is 7.63. The molecule has 0 unspecified atom stereocenters. The van der Waals surface area contributed by atoms with E-state index in [0.29, 0.717) is 11.4 Å². The molecule has 0 spiro atoms. The van der Waals surface area contributed by atoms with Gasteiger partial charge < -0.3 is 4.42 Å². The maximum atomic E-state index is 5.70. The molecule has 6 aromatic rings. The summed E-state index contributed by atoms with van der Waals surface area (Å²) in [7, 11) is 0. The Morgan fingerprint density at radius 1 is 0.625 bits per heavy atom. The van der Waals surface area contributed by atoms with Crippen molar-refractivity contribution < 1.29 is 4.42 Å². The number of para-hydroxylation sites is 2. The minimum absolute atomic E-state index is 0.695. The van der Waals surface area contributed by atoms with Crippen molar-refractivity contribution in [3.8, 4) is 39.3 Å². The third-order valence-corrected chi connectivity index (χ3v) is 5.59. The van der Waals surface area contributed by atoms with E-state index in [1.165, 1.54) is 6.39 Å². The minimum Gasteiger partial charge on any atom is -0.443 e. The number of nitrogens with zero attached hydrogens (tertiary/aromatic N) is 4. The van der Waals surface area contributed by atoms with Gasteiger partial charge in [-0.2, -0.15) is 0 Å². The molecule has 2 heterocycles. The third kappa shape index (κ3) is 2.99. The summed E-state index contributed by atoms with van der Waals surface area (Å²) in [5.41, 5.74) is 7.78. The molecule has 5 heteroatoms. The average molecular weight is 414 g/mol. The molecule has 0 bridgehead atoms. The Labute approximate surface area is 184 Å². The Morgan fingerprint density at radius 2 is 1.25 bits per heavy atom. The molecule has 0 saturated heterocycles. The number of hydrogen-bond acceptors (Lipinski definition) is 4. The van der Waals surface area contributed by atoms with Crippen molar-refractivity contribution in [2.75, 3.05) is 0 Å². The van der Waals surface area contributed by atoms with E-state index in [2.05, 4.69) is 81.9 Å². The molecule has 0 N–H and O–H groups in total. The molecule has 0 aliphatic carbocycles. The zero-order valence-corrected chi connectivity index (χ0v) is 17.1. The monoisotopic (exact) mass is 414 g/mol. The third-order valence-electron chi connectivity index (χ3n) is 5.59. The Kier molecular flexibility index (Phi) is 4.36. The summed E-state index contributed by atoms with van der Waals surface area (Å²) in [5, 5.41) is 8.77. The summed E-state index contributed by atoms with van der Waals surface area (Å²) in [4.78, 5) is 4.30. The van der Waals surface area contributed by atoms with Crippen LogP contribution in [0.3, 0.4) is 0 Å². The Balaban J connectivity index is 1.67. The Morgan fingerprint density at radius 3 is 1.94 bits per heavy atom. The van der Waals surface area contributed by atoms with E-state index in [9.17, 15) is 0 Å². The van der Waals surface area contributed by atoms with Crippen LogP contribution in [0.5, 0.6) is 0 Å². The van der Waals surface area contributed by atoms with Gasteiger partial charge in [0, 0.05) is 11.1 Å². The molecular formula is C27H18N4O. The predicted molar refractivity (Wildman–Crippen MR) is 125 cm³/mol. The van der Waals surface area contributed by atoms with Crippen LogP contribution >= 0.6 is 0 Å². The number of aromatic nitrogens is 4. The maximum Gasteiger partial charge on any atom is 0.182 e. The molecule has 0 fully saturated rings. The van der Waals surface area contributed by atoms with Crippen LogP contribution in [-0.2, 0) is 0 Å². The molecular weight excluding hydrogens is 396 g/mol. The maximum absolute atomic E-state index is 5.70. The lowest BCUT2D eigenvalue weighted by atomic mass is 9.95. The second-order valence-corrected chi connectivity index (χ2v) is 7.46. The highest BCUT2D eigenvalue weighted by Crippen LogP contribution is 2.38. The van der Waals surface area contributed by atoms with Gasteiger partial charge in [0.05, 0.1) is 11.3 Å². The first kappa shape index (κ1) is 18.3. The fraction of sp³-hybridized carbons (Fsp3) is 0. The number of fused-ring (bicyclic) bond motifs is 1. The van der Waals surface area contributed by atoms with Crippen LogP contribution in [0.2, 0.25) is 0 Å². The lowest BCUT2D eigenvalue weighted by Gasteiger charge is -2.18. The number of rotatable bonds is 4. The number of hydrogen-bond donors (Lipinski definition) is 0. The summed E-state index contributed by atoms with van der Waals surface area (Å²) in [6, 6.07) is 33.0. The lowest BCUT2D eigenvalue weighted by Crippen LogP contribution is -2.02. The largest absolute Gasteiger partial charge is 0.443 e. The van der Waals surface area contributed by atoms with E-state index in [1.807, 2.05) is 34.9 Å². The Bertz CT molecular complexity index is 1460. The normalized spacial score (nSPS) is 11.1. The smallest absolute Gasteiger partial charge is 0.182 e. The molecule has 4 aromatic carbocycles. The molecule has 6 rings (SSSR count). The van der Waals surface area contributed by atoms with Crippen LogP contribution in [0.4, 0.5) is 0 Å². The average Bonchev–Trinajstić information content (AvgIpc) is 3.54. The zero-order valence-electron chi connectivity index (χ0n) is 17.1. The van der Waals surface area contributed by atoms with Crippen LogP contribution < -0.4 is 0 Å². The van der Waals surface area contributed by atoms with E-state index >= 15 is 0 Å². The first-order chi connectivity index (χ1) is 15.9. The molecule has 2 aromatic heterocycles. The van der Waals surface area contributed by atoms with Crippen LogP contribution in [0.15, 0.2) is 114 Å². The fourth-order valence-corrected chi connectivity index (χ4v) is 4.15. The van der Waals surface area contributed by atoms with Gasteiger partial charge in [0.25, 0.3) is 0 Å². The fourth-order valence-electron chi connectivity index (χ4n) is 4.15. The van der Waals surface area contributed by atoms with Crippen LogP contribution in [0.1, 0.15) is 0 Å². The predicted octanol–water partition coefficient (Wildman–Crippen LogP) is 6.41. The van der Waals surface area contributed by atoms with E-state index in [0.717, 1.165) is 39.0 Å². The van der Waals surface area contributed by atoms with E-state index in [-0.39, 0.29) is 0 Å². The lowest BCUT2D eigenvalue weighted by molar-refractivity contribution is 0.602. The summed E-state index contributed by atoms with van der Waals surface area (Å²) in [6.07, 6.45) is 3.22. The van der Waals surface area contributed by atoms with Gasteiger partial charge >= 0.3 is 0 Å². The van der Waals surface area contributed by atoms with E-state index in [1.54, 1.807) is 6.33 Å². The highest BCUT2D eigenvalue weighted by molar-refractivity contribution is 5.91. The van der Waals surface area contributed by atoms with Gasteiger partial charge in [0.2, 0.25) is 0 Å². The summed E-state index contributed by atoms with van der Waals surface area (Å²) >= 11 is 0. The molecule has 5 nitrogen and oxygen atoms in total. The summed E-state index contributed by atoms with van der Waals surface area (Å²) in [6.45, 7) is 0. The van der Waals surface area contributed by atoms with E-state index in [4.69, 9.17) is 4.42 Å². The highest BCUT2D eigenvalue weighted by atomic mass is 16.3. The van der Waals surface area contributed by atoms with Crippen molar-refractivity contribution in [2.45, 2.75) is 0 Å². The van der Waals surface area contributed by atoms with Gasteiger partial charge in [-0.15, -0.1) is 10.2 Å². The van der Waals surface area contributed by atoms with Crippen molar-refractivity contribution >= 4 is 11.1 Å². The standard InChI is InChI=1S/C27H18N4O/c1-3-9-19(10-4-1)21-13-7-14-22(20-11-5-2-6-12-20)25(21)31-17-29-30-27(31)23-15-8-16-24-26(23)32-18-28-24/h1-18H. The molecule has 0 aliphatic heterocycles. The van der Waals surface area contributed by atoms with Crippen molar-refractivity contribution in [1.29, 1.82) is 0 Å². The molecule has 32 heavy (non-hydrogen) atoms. The van der Waals surface area contributed by atoms with Gasteiger partial charge in [0.1, 0.15) is 11.8 Å². The van der Waals surface area contributed by atoms with Gasteiger partial charge in [-0.25, -0.2) is 4.98 Å². The molecule has 0 atom stereocenters. The summed E-state index contributed by atoms with van der Waals surface area (Å²) < 4.78 is 7.74. The van der Waals surface area contributed by atoms with Crippen molar-refractivity contribution in [1.82, 2.24) is 19.7 Å². The zero-order chi connectivity index (χ0) is 21.3. The van der Waals surface area contributed by atoms with Crippen molar-refractivity contribution in [3.63, 3.8) is 0 Å². The molecule has 0 aliphatic rings. The van der Waals surface area contributed by atoms with Gasteiger partial charge in [0.15, 0.2) is 17.8 Å². The minimum atomic E-state index is 0.695. The molecule has 152 valence electrons. The number of benzene rings is 4. The van der Waals surface area contributed by atoms with Gasteiger partial charge in [-0.1, -0.05) is 84.9 Å². The molecule has 0 radical (unpaired) electrons. The van der Waals surface area contributed by atoms with Gasteiger partial charge in [-0.3, -0.25) is 4.57 Å². The molecule has 0 amide bonds. The summed E-state index contributed by atoms with van der Waals surface area (Å²) in [5.74, 6) is 0.702. The van der Waals surface area contributed by atoms with Crippen LogP contribution in [0.25, 0.3) is 50.4 Å². The van der Waals surface area contributed by atoms with Crippen molar-refractivity contribution in [3.05, 3.63) is 110 Å². The Hall–Kier alpha value is -4.51. The van der Waals surface area contributed by atoms with E-state index < -0.39 is 0 Å². The quantitative estimate of drug-likeness (QED) is 0.334. The van der Waals surface area contributed by atoms with Gasteiger partial charge in [-0.05, 0) is 23.3 Å². The highest BCUT2D eigenvalue weighted by Gasteiger charge is 2.20. The number of oxazole rings is 1. The van der Waals surface area contributed by atoms with Crippen LogP contribution in [-0.4, -0.2) is 19.7 Å². The van der Waals surface area contributed by atoms with Crippen LogP contribution in [0, 0.1) is 0 Å². The SMILES string of the molecule is c1ccc(-c2cccc(-c3ccccc3)c2-n2cnnc2-c2cccc3ncoc23)cc1. The molecule has 0 saturated carbocycles.